The fraction of sp³-hybridized carbons (Fsp3) is 0.615. The van der Waals surface area contributed by atoms with Crippen molar-refractivity contribution >= 4 is 5.91 Å². The Kier molecular flexibility index (Phi) is 4.38. The van der Waals surface area contributed by atoms with Gasteiger partial charge in [-0.05, 0) is 25.5 Å². The molecular formula is C13H21N3O2. The van der Waals surface area contributed by atoms with E-state index >= 15 is 0 Å². The van der Waals surface area contributed by atoms with Crippen molar-refractivity contribution in [1.29, 1.82) is 0 Å². The first-order valence-electron chi connectivity index (χ1n) is 6.47. The lowest BCUT2D eigenvalue weighted by Gasteiger charge is -2.34. The maximum absolute atomic E-state index is 12.0. The van der Waals surface area contributed by atoms with Gasteiger partial charge in [-0.15, -0.1) is 0 Å². The maximum Gasteiger partial charge on any atom is 0.238 e. The van der Waals surface area contributed by atoms with Gasteiger partial charge in [0.25, 0.3) is 0 Å². The van der Waals surface area contributed by atoms with Crippen molar-refractivity contribution in [3.63, 3.8) is 0 Å². The molecule has 0 aliphatic carbocycles. The second kappa shape index (κ2) is 6.02. The molecule has 1 unspecified atom stereocenters. The number of amides is 1. The highest BCUT2D eigenvalue weighted by Crippen LogP contribution is 2.15. The Bertz CT molecular complexity index is 403. The largest absolute Gasteiger partial charge is 0.468 e. The second-order valence-electron chi connectivity index (χ2n) is 4.61. The van der Waals surface area contributed by atoms with Gasteiger partial charge in [0, 0.05) is 26.2 Å². The fourth-order valence-electron chi connectivity index (χ4n) is 2.24. The lowest BCUT2D eigenvalue weighted by molar-refractivity contribution is -0.127. The Morgan fingerprint density at radius 1 is 1.67 bits per heavy atom. The van der Waals surface area contributed by atoms with Crippen molar-refractivity contribution in [3.05, 3.63) is 23.7 Å². The summed E-state index contributed by atoms with van der Waals surface area (Å²) in [5.41, 5.74) is 1.14. The van der Waals surface area contributed by atoms with E-state index in [1.54, 1.807) is 6.26 Å². The number of nitrogens with one attached hydrogen (secondary N) is 2. The average molecular weight is 251 g/mol. The molecule has 5 heteroatoms. The van der Waals surface area contributed by atoms with Crippen LogP contribution in [0.4, 0.5) is 0 Å². The van der Waals surface area contributed by atoms with Crippen molar-refractivity contribution in [2.45, 2.75) is 26.4 Å². The molecule has 1 aliphatic heterocycles. The van der Waals surface area contributed by atoms with Crippen LogP contribution < -0.4 is 10.6 Å². The van der Waals surface area contributed by atoms with Crippen LogP contribution in [0.2, 0.25) is 0 Å². The Morgan fingerprint density at radius 2 is 2.50 bits per heavy atom. The van der Waals surface area contributed by atoms with Gasteiger partial charge in [0.15, 0.2) is 0 Å². The van der Waals surface area contributed by atoms with Crippen LogP contribution in [0, 0.1) is 6.92 Å². The normalized spacial score (nSPS) is 20.9. The van der Waals surface area contributed by atoms with Gasteiger partial charge >= 0.3 is 0 Å². The minimum atomic E-state index is -0.108. The molecule has 0 saturated carbocycles. The molecule has 1 atom stereocenters. The van der Waals surface area contributed by atoms with Crippen LogP contribution in [0.3, 0.4) is 0 Å². The smallest absolute Gasteiger partial charge is 0.238 e. The van der Waals surface area contributed by atoms with E-state index in [1.807, 2.05) is 19.9 Å². The van der Waals surface area contributed by atoms with E-state index in [9.17, 15) is 4.79 Å². The summed E-state index contributed by atoms with van der Waals surface area (Å²) in [6, 6.07) is 1.85. The number of carbonyl (C=O) groups excluding carboxylic acids is 1. The van der Waals surface area contributed by atoms with Gasteiger partial charge < -0.3 is 15.1 Å². The summed E-state index contributed by atoms with van der Waals surface area (Å²) in [5.74, 6) is 1.04. The highest BCUT2D eigenvalue weighted by Gasteiger charge is 2.28. The van der Waals surface area contributed by atoms with Crippen LogP contribution in [-0.4, -0.2) is 43.0 Å². The standard InChI is InChI=1S/C13H21N3O2/c1-3-15-13(17)11-8-14-5-6-16(11)9-12-10(2)4-7-18-12/h4,7,11,14H,3,5-6,8-9H2,1-2H3,(H,15,17). The van der Waals surface area contributed by atoms with Crippen LogP contribution in [-0.2, 0) is 11.3 Å². The third-order valence-electron chi connectivity index (χ3n) is 3.32. The van der Waals surface area contributed by atoms with Gasteiger partial charge in [-0.25, -0.2) is 0 Å². The van der Waals surface area contributed by atoms with Crippen molar-refractivity contribution in [2.75, 3.05) is 26.2 Å². The van der Waals surface area contributed by atoms with Gasteiger partial charge in [0.1, 0.15) is 11.8 Å². The zero-order valence-electron chi connectivity index (χ0n) is 11.0. The molecule has 1 amide bonds. The molecule has 0 bridgehead atoms. The first-order valence-corrected chi connectivity index (χ1v) is 6.47. The van der Waals surface area contributed by atoms with Crippen LogP contribution in [0.1, 0.15) is 18.2 Å². The highest BCUT2D eigenvalue weighted by molar-refractivity contribution is 5.82. The van der Waals surface area contributed by atoms with E-state index in [1.165, 1.54) is 0 Å². The molecule has 0 radical (unpaired) electrons. The third-order valence-corrected chi connectivity index (χ3v) is 3.32. The van der Waals surface area contributed by atoms with E-state index in [-0.39, 0.29) is 11.9 Å². The van der Waals surface area contributed by atoms with Crippen LogP contribution in [0.5, 0.6) is 0 Å². The van der Waals surface area contributed by atoms with Crippen molar-refractivity contribution in [1.82, 2.24) is 15.5 Å². The Labute approximate surface area is 108 Å². The Hall–Kier alpha value is -1.33. The van der Waals surface area contributed by atoms with Crippen molar-refractivity contribution in [2.24, 2.45) is 0 Å². The molecule has 1 aromatic heterocycles. The second-order valence-corrected chi connectivity index (χ2v) is 4.61. The van der Waals surface area contributed by atoms with Gasteiger partial charge in [0.2, 0.25) is 5.91 Å². The monoisotopic (exact) mass is 251 g/mol. The van der Waals surface area contributed by atoms with Gasteiger partial charge in [-0.2, -0.15) is 0 Å². The summed E-state index contributed by atoms with van der Waals surface area (Å²) in [7, 11) is 0. The number of hydrogen-bond donors (Lipinski definition) is 2. The third kappa shape index (κ3) is 2.91. The number of nitrogens with zero attached hydrogens (tertiary/aromatic N) is 1. The lowest BCUT2D eigenvalue weighted by Crippen LogP contribution is -2.57. The number of rotatable bonds is 4. The molecule has 2 heterocycles. The Balaban J connectivity index is 2.04. The molecule has 0 aromatic carbocycles. The van der Waals surface area contributed by atoms with Crippen LogP contribution in [0.15, 0.2) is 16.7 Å². The number of piperazine rings is 1. The summed E-state index contributed by atoms with van der Waals surface area (Å²) in [6.07, 6.45) is 1.70. The molecular weight excluding hydrogens is 230 g/mol. The number of hydrogen-bond acceptors (Lipinski definition) is 4. The molecule has 1 fully saturated rings. The predicted octanol–water partition coefficient (Wildman–Crippen LogP) is 0.498. The predicted molar refractivity (Wildman–Crippen MR) is 69.2 cm³/mol. The zero-order chi connectivity index (χ0) is 13.0. The summed E-state index contributed by atoms with van der Waals surface area (Å²) >= 11 is 0. The first-order chi connectivity index (χ1) is 8.72. The molecule has 2 rings (SSSR count). The van der Waals surface area contributed by atoms with Crippen LogP contribution >= 0.6 is 0 Å². The number of carbonyl (C=O) groups is 1. The van der Waals surface area contributed by atoms with E-state index in [4.69, 9.17) is 4.42 Å². The molecule has 18 heavy (non-hydrogen) atoms. The van der Waals surface area contributed by atoms with Gasteiger partial charge in [0.05, 0.1) is 12.8 Å². The van der Waals surface area contributed by atoms with Crippen LogP contribution in [0.25, 0.3) is 0 Å². The van der Waals surface area contributed by atoms with E-state index < -0.39 is 0 Å². The van der Waals surface area contributed by atoms with Gasteiger partial charge in [-0.3, -0.25) is 9.69 Å². The van der Waals surface area contributed by atoms with Gasteiger partial charge in [-0.1, -0.05) is 0 Å². The quantitative estimate of drug-likeness (QED) is 0.818. The Morgan fingerprint density at radius 3 is 3.17 bits per heavy atom. The summed E-state index contributed by atoms with van der Waals surface area (Å²) in [6.45, 7) is 7.81. The fourth-order valence-corrected chi connectivity index (χ4v) is 2.24. The molecule has 100 valence electrons. The minimum Gasteiger partial charge on any atom is -0.468 e. The zero-order valence-corrected chi connectivity index (χ0v) is 11.0. The number of aryl methyl sites for hydroxylation is 1. The van der Waals surface area contributed by atoms with Crippen molar-refractivity contribution in [3.8, 4) is 0 Å². The number of furan rings is 1. The molecule has 1 saturated heterocycles. The molecule has 1 aliphatic rings. The minimum absolute atomic E-state index is 0.0916. The summed E-state index contributed by atoms with van der Waals surface area (Å²) in [4.78, 5) is 14.2. The van der Waals surface area contributed by atoms with E-state index in [2.05, 4.69) is 15.5 Å². The molecule has 2 N–H and O–H groups in total. The average Bonchev–Trinajstić information content (AvgIpc) is 2.76. The molecule has 0 spiro atoms. The molecule has 1 aromatic rings. The highest BCUT2D eigenvalue weighted by atomic mass is 16.3. The topological polar surface area (TPSA) is 57.5 Å². The maximum atomic E-state index is 12.0. The summed E-state index contributed by atoms with van der Waals surface area (Å²) < 4.78 is 5.46. The van der Waals surface area contributed by atoms with E-state index in [0.717, 1.165) is 24.4 Å². The SMILES string of the molecule is CCNC(=O)C1CNCCN1Cc1occc1C. The first kappa shape index (κ1) is 13.1. The van der Waals surface area contributed by atoms with Crippen molar-refractivity contribution < 1.29 is 9.21 Å². The summed E-state index contributed by atoms with van der Waals surface area (Å²) in [5, 5.41) is 6.15. The lowest BCUT2D eigenvalue weighted by atomic mass is 10.1. The van der Waals surface area contributed by atoms with E-state index in [0.29, 0.717) is 19.6 Å². The molecule has 5 nitrogen and oxygen atoms in total. The number of likely N-dealkylation sites (N-methyl/N-ethyl adjacent to an activating group) is 1.